The molecular formula is C22H36N2O3. The molecule has 0 atom stereocenters. The number of esters is 1. The van der Waals surface area contributed by atoms with Crippen LogP contribution in [-0.4, -0.2) is 12.6 Å². The smallest absolute Gasteiger partial charge is 0.305 e. The molecule has 0 spiro atoms. The Bertz CT molecular complexity index is 606. The molecule has 0 heterocycles. The third kappa shape index (κ3) is 8.55. The molecule has 0 aromatic heterocycles. The highest BCUT2D eigenvalue weighted by Crippen LogP contribution is 2.37. The number of nitrogen functional groups attached to an aromatic ring is 1. The first-order valence-electron chi connectivity index (χ1n) is 10.2. The number of ether oxygens (including phenoxy) is 1. The van der Waals surface area contributed by atoms with Gasteiger partial charge in [-0.1, -0.05) is 65.9 Å². The molecule has 1 rings (SSSR count). The van der Waals surface area contributed by atoms with Crippen molar-refractivity contribution in [3.8, 4) is 0 Å². The first-order valence-corrected chi connectivity index (χ1v) is 10.2. The summed E-state index contributed by atoms with van der Waals surface area (Å²) >= 11 is 0. The van der Waals surface area contributed by atoms with E-state index in [0.29, 0.717) is 30.8 Å². The van der Waals surface area contributed by atoms with E-state index in [1.807, 2.05) is 26.8 Å². The highest BCUT2D eigenvalue weighted by molar-refractivity contribution is 5.70. The third-order valence-corrected chi connectivity index (χ3v) is 4.71. The standard InChI is InChI=1S/C22H36N2O3/c1-5-6-7-8-9-10-14-27-20(25)13-11-12-17-15-18(22(2,3)4)21(24-26)19(23)16-17/h15-16H,5-14,23H2,1-4H3. The van der Waals surface area contributed by atoms with E-state index >= 15 is 0 Å². The van der Waals surface area contributed by atoms with E-state index < -0.39 is 0 Å². The summed E-state index contributed by atoms with van der Waals surface area (Å²) in [6.07, 6.45) is 8.90. The van der Waals surface area contributed by atoms with Crippen molar-refractivity contribution in [2.45, 2.75) is 90.9 Å². The number of hydrogen-bond acceptors (Lipinski definition) is 5. The number of unbranched alkanes of at least 4 members (excludes halogenated alkanes) is 5. The number of nitrogens with two attached hydrogens (primary N) is 1. The Morgan fingerprint density at radius 1 is 1.07 bits per heavy atom. The molecule has 0 amide bonds. The molecular weight excluding hydrogens is 340 g/mol. The first kappa shape index (κ1) is 23.1. The molecule has 5 nitrogen and oxygen atoms in total. The van der Waals surface area contributed by atoms with Crippen LogP contribution < -0.4 is 5.73 Å². The number of carbonyl (C=O) groups is 1. The Labute approximate surface area is 164 Å². The van der Waals surface area contributed by atoms with Crippen LogP contribution in [0.3, 0.4) is 0 Å². The van der Waals surface area contributed by atoms with Crippen molar-refractivity contribution in [3.63, 3.8) is 0 Å². The fourth-order valence-corrected chi connectivity index (χ4v) is 3.11. The van der Waals surface area contributed by atoms with E-state index in [-0.39, 0.29) is 11.4 Å². The van der Waals surface area contributed by atoms with Crippen LogP contribution in [0.15, 0.2) is 17.3 Å². The molecule has 1 aromatic rings. The van der Waals surface area contributed by atoms with Gasteiger partial charge in [0.05, 0.1) is 12.3 Å². The lowest BCUT2D eigenvalue weighted by molar-refractivity contribution is -0.143. The van der Waals surface area contributed by atoms with Gasteiger partial charge in [0.1, 0.15) is 5.69 Å². The minimum atomic E-state index is -0.219. The minimum absolute atomic E-state index is 0.140. The monoisotopic (exact) mass is 376 g/mol. The number of benzene rings is 1. The lowest BCUT2D eigenvalue weighted by Gasteiger charge is -2.22. The SMILES string of the molecule is CCCCCCCCOC(=O)CCCc1cc(N)c(N=O)c(C(C)(C)C)c1. The van der Waals surface area contributed by atoms with Crippen LogP contribution in [-0.2, 0) is 21.4 Å². The molecule has 0 radical (unpaired) electrons. The normalized spacial score (nSPS) is 11.4. The summed E-state index contributed by atoms with van der Waals surface area (Å²) < 4.78 is 5.30. The lowest BCUT2D eigenvalue weighted by atomic mass is 9.84. The van der Waals surface area contributed by atoms with Gasteiger partial charge in [-0.2, -0.15) is 0 Å². The molecule has 5 heteroatoms. The molecule has 0 fully saturated rings. The van der Waals surface area contributed by atoms with Gasteiger partial charge in [-0.3, -0.25) is 4.79 Å². The summed E-state index contributed by atoms with van der Waals surface area (Å²) in [6.45, 7) is 8.80. The van der Waals surface area contributed by atoms with Crippen LogP contribution in [0.25, 0.3) is 0 Å². The molecule has 2 N–H and O–H groups in total. The molecule has 1 aromatic carbocycles. The fraction of sp³-hybridized carbons (Fsp3) is 0.682. The number of carbonyl (C=O) groups excluding carboxylic acids is 1. The molecule has 0 saturated carbocycles. The van der Waals surface area contributed by atoms with Crippen molar-refractivity contribution in [1.82, 2.24) is 0 Å². The molecule has 0 saturated heterocycles. The van der Waals surface area contributed by atoms with Gasteiger partial charge in [0.25, 0.3) is 0 Å². The van der Waals surface area contributed by atoms with Crippen molar-refractivity contribution in [2.24, 2.45) is 5.18 Å². The minimum Gasteiger partial charge on any atom is -0.466 e. The maximum atomic E-state index is 11.9. The fourth-order valence-electron chi connectivity index (χ4n) is 3.11. The number of aryl methyl sites for hydroxylation is 1. The topological polar surface area (TPSA) is 81.8 Å². The Morgan fingerprint density at radius 2 is 1.74 bits per heavy atom. The predicted molar refractivity (Wildman–Crippen MR) is 112 cm³/mol. The van der Waals surface area contributed by atoms with E-state index in [9.17, 15) is 9.70 Å². The maximum Gasteiger partial charge on any atom is 0.305 e. The second-order valence-corrected chi connectivity index (χ2v) is 8.26. The van der Waals surface area contributed by atoms with E-state index in [1.165, 1.54) is 25.7 Å². The van der Waals surface area contributed by atoms with Crippen molar-refractivity contribution in [3.05, 3.63) is 28.2 Å². The van der Waals surface area contributed by atoms with Gasteiger partial charge in [-0.05, 0) is 47.0 Å². The molecule has 0 aliphatic heterocycles. The van der Waals surface area contributed by atoms with Crippen molar-refractivity contribution < 1.29 is 9.53 Å². The van der Waals surface area contributed by atoms with E-state index in [0.717, 1.165) is 30.4 Å². The summed E-state index contributed by atoms with van der Waals surface area (Å²) in [5.41, 5.74) is 8.37. The summed E-state index contributed by atoms with van der Waals surface area (Å²) in [5.74, 6) is -0.140. The molecule has 27 heavy (non-hydrogen) atoms. The third-order valence-electron chi connectivity index (χ3n) is 4.71. The van der Waals surface area contributed by atoms with Crippen molar-refractivity contribution in [2.75, 3.05) is 12.3 Å². The zero-order valence-electron chi connectivity index (χ0n) is 17.5. The highest BCUT2D eigenvalue weighted by atomic mass is 16.5. The second-order valence-electron chi connectivity index (χ2n) is 8.26. The second kappa shape index (κ2) is 11.7. The lowest BCUT2D eigenvalue weighted by Crippen LogP contribution is -2.13. The number of nitroso groups, excluding NO2 is 1. The van der Waals surface area contributed by atoms with E-state index in [1.54, 1.807) is 6.07 Å². The quantitative estimate of drug-likeness (QED) is 0.204. The summed E-state index contributed by atoms with van der Waals surface area (Å²) in [7, 11) is 0. The molecule has 0 aliphatic rings. The summed E-state index contributed by atoms with van der Waals surface area (Å²) in [5, 5.41) is 3.10. The molecule has 0 unspecified atom stereocenters. The van der Waals surface area contributed by atoms with E-state index in [4.69, 9.17) is 10.5 Å². The Balaban J connectivity index is 2.40. The molecule has 152 valence electrons. The van der Waals surface area contributed by atoms with Gasteiger partial charge in [0, 0.05) is 6.42 Å². The first-order chi connectivity index (χ1) is 12.8. The summed E-state index contributed by atoms with van der Waals surface area (Å²) in [6, 6.07) is 3.77. The maximum absolute atomic E-state index is 11.9. The van der Waals surface area contributed by atoms with Crippen LogP contribution >= 0.6 is 0 Å². The average molecular weight is 377 g/mol. The highest BCUT2D eigenvalue weighted by Gasteiger charge is 2.21. The predicted octanol–water partition coefficient (Wildman–Crippen LogP) is 6.19. The Kier molecular flexibility index (Phi) is 10.0. The van der Waals surface area contributed by atoms with Crippen LogP contribution in [0.1, 0.15) is 90.2 Å². The zero-order valence-corrected chi connectivity index (χ0v) is 17.5. The van der Waals surface area contributed by atoms with Crippen LogP contribution in [0.2, 0.25) is 0 Å². The van der Waals surface area contributed by atoms with Gasteiger partial charge in [-0.15, -0.1) is 4.91 Å². The van der Waals surface area contributed by atoms with Gasteiger partial charge >= 0.3 is 5.97 Å². The molecule has 0 aliphatic carbocycles. The Morgan fingerprint density at radius 3 is 2.37 bits per heavy atom. The molecule has 0 bridgehead atoms. The van der Waals surface area contributed by atoms with Gasteiger partial charge in [0.15, 0.2) is 0 Å². The van der Waals surface area contributed by atoms with Gasteiger partial charge in [-0.25, -0.2) is 0 Å². The van der Waals surface area contributed by atoms with E-state index in [2.05, 4.69) is 12.1 Å². The number of rotatable bonds is 12. The number of anilines is 1. The van der Waals surface area contributed by atoms with Crippen LogP contribution in [0, 0.1) is 4.91 Å². The summed E-state index contributed by atoms with van der Waals surface area (Å²) in [4.78, 5) is 23.0. The number of nitrogens with zero attached hydrogens (tertiary/aromatic N) is 1. The van der Waals surface area contributed by atoms with Crippen LogP contribution in [0.4, 0.5) is 11.4 Å². The van der Waals surface area contributed by atoms with Crippen molar-refractivity contribution >= 4 is 17.3 Å². The van der Waals surface area contributed by atoms with Crippen molar-refractivity contribution in [1.29, 1.82) is 0 Å². The zero-order chi connectivity index (χ0) is 20.3. The Hall–Kier alpha value is -1.91. The van der Waals surface area contributed by atoms with Gasteiger partial charge in [0.2, 0.25) is 0 Å². The number of hydrogen-bond donors (Lipinski definition) is 1. The average Bonchev–Trinajstić information content (AvgIpc) is 2.59. The largest absolute Gasteiger partial charge is 0.466 e. The van der Waals surface area contributed by atoms with Gasteiger partial charge < -0.3 is 10.5 Å². The van der Waals surface area contributed by atoms with Crippen LogP contribution in [0.5, 0.6) is 0 Å².